The predicted octanol–water partition coefficient (Wildman–Crippen LogP) is 1.25. The largest absolute Gasteiger partial charge is 0.465 e. The summed E-state index contributed by atoms with van der Waals surface area (Å²) in [7, 11) is -1.91. The number of ether oxygens (including phenoxy) is 2. The van der Waals surface area contributed by atoms with Crippen LogP contribution in [0, 0.1) is 19.8 Å². The first-order valence-electron chi connectivity index (χ1n) is 9.41. The number of methoxy groups -OCH3 is 1. The molecule has 0 radical (unpaired) electrons. The van der Waals surface area contributed by atoms with Crippen molar-refractivity contribution in [1.29, 1.82) is 0 Å². The predicted molar refractivity (Wildman–Crippen MR) is 105 cm³/mol. The Morgan fingerprint density at radius 3 is 2.38 bits per heavy atom. The van der Waals surface area contributed by atoms with E-state index in [-0.39, 0.29) is 28.7 Å². The molecule has 1 aromatic heterocycles. The first kappa shape index (κ1) is 22.9. The van der Waals surface area contributed by atoms with Crippen LogP contribution in [0.1, 0.15) is 52.4 Å². The zero-order valence-corrected chi connectivity index (χ0v) is 18.2. The van der Waals surface area contributed by atoms with Gasteiger partial charge in [-0.15, -0.1) is 0 Å². The molecule has 162 valence electrons. The Bertz CT molecular complexity index is 902. The van der Waals surface area contributed by atoms with Gasteiger partial charge in [0.05, 0.1) is 24.2 Å². The third-order valence-electron chi connectivity index (χ3n) is 4.89. The Labute approximate surface area is 170 Å². The average molecular weight is 429 g/mol. The minimum absolute atomic E-state index is 0.0522. The second-order valence-electron chi connectivity index (χ2n) is 7.69. The zero-order chi connectivity index (χ0) is 21.9. The highest BCUT2D eigenvalue weighted by atomic mass is 32.2. The lowest BCUT2D eigenvalue weighted by Gasteiger charge is -2.29. The monoisotopic (exact) mass is 428 g/mol. The van der Waals surface area contributed by atoms with E-state index in [1.165, 1.54) is 12.0 Å². The van der Waals surface area contributed by atoms with Gasteiger partial charge in [0.15, 0.2) is 16.4 Å². The smallest absolute Gasteiger partial charge is 0.355 e. The molecule has 1 saturated heterocycles. The Morgan fingerprint density at radius 1 is 1.21 bits per heavy atom. The quantitative estimate of drug-likeness (QED) is 0.648. The average Bonchev–Trinajstić information content (AvgIpc) is 3.15. The number of rotatable bonds is 7. The molecule has 0 bridgehead atoms. The first-order valence-corrected chi connectivity index (χ1v) is 11.2. The Hall–Kier alpha value is -2.36. The molecule has 1 aromatic rings. The van der Waals surface area contributed by atoms with Gasteiger partial charge in [0.2, 0.25) is 0 Å². The molecule has 1 fully saturated rings. The van der Waals surface area contributed by atoms with Crippen LogP contribution in [0.4, 0.5) is 0 Å². The van der Waals surface area contributed by atoms with Gasteiger partial charge in [-0.05, 0) is 31.7 Å². The Morgan fingerprint density at radius 2 is 1.86 bits per heavy atom. The molecule has 1 aliphatic heterocycles. The van der Waals surface area contributed by atoms with Crippen molar-refractivity contribution in [3.05, 3.63) is 22.5 Å². The molecule has 0 spiro atoms. The maximum absolute atomic E-state index is 12.7. The highest BCUT2D eigenvalue weighted by Crippen LogP contribution is 2.21. The second kappa shape index (κ2) is 8.98. The lowest BCUT2D eigenvalue weighted by atomic mass is 10.1. The minimum Gasteiger partial charge on any atom is -0.465 e. The molecule has 10 heteroatoms. The third-order valence-corrected chi connectivity index (χ3v) is 6.64. The first-order chi connectivity index (χ1) is 13.5. The summed E-state index contributed by atoms with van der Waals surface area (Å²) in [5.41, 5.74) is 1.18. The van der Waals surface area contributed by atoms with Crippen molar-refractivity contribution in [2.75, 3.05) is 31.8 Å². The molecule has 9 nitrogen and oxygen atoms in total. The van der Waals surface area contributed by atoms with Gasteiger partial charge in [-0.2, -0.15) is 0 Å². The summed E-state index contributed by atoms with van der Waals surface area (Å²) in [5.74, 6) is -1.67. The molecule has 0 aliphatic carbocycles. The molecule has 2 heterocycles. The highest BCUT2D eigenvalue weighted by Gasteiger charge is 2.35. The molecule has 1 amide bonds. The summed E-state index contributed by atoms with van der Waals surface area (Å²) in [6.07, 6.45) is 0.381. The number of amides is 1. The fraction of sp³-hybridized carbons (Fsp3) is 0.632. The second-order valence-corrected chi connectivity index (χ2v) is 9.92. The molecule has 0 aromatic carbocycles. The molecule has 1 aliphatic rings. The van der Waals surface area contributed by atoms with Gasteiger partial charge in [-0.3, -0.25) is 4.79 Å². The van der Waals surface area contributed by atoms with Crippen LogP contribution in [0.2, 0.25) is 0 Å². The standard InChI is InChI=1S/C19H28N2O7S/c1-11(2)8-21(14-6-7-29(25,26)10-14)15(22)9-28-19(24)17-12(3)16(13(4)20-17)18(23)27-5/h11,14,20H,6-10H2,1-5H3. The molecule has 0 saturated carbocycles. The van der Waals surface area contributed by atoms with Gasteiger partial charge in [0.1, 0.15) is 5.69 Å². The van der Waals surface area contributed by atoms with Crippen molar-refractivity contribution in [2.24, 2.45) is 5.92 Å². The van der Waals surface area contributed by atoms with Crippen molar-refractivity contribution >= 4 is 27.7 Å². The number of nitrogens with one attached hydrogen (secondary N) is 1. The molecule has 29 heavy (non-hydrogen) atoms. The lowest BCUT2D eigenvalue weighted by molar-refractivity contribution is -0.137. The molecule has 1 atom stereocenters. The van der Waals surface area contributed by atoms with E-state index >= 15 is 0 Å². The maximum atomic E-state index is 12.7. The minimum atomic E-state index is -3.15. The van der Waals surface area contributed by atoms with Crippen molar-refractivity contribution in [1.82, 2.24) is 9.88 Å². The number of hydrogen-bond donors (Lipinski definition) is 1. The van der Waals surface area contributed by atoms with Crippen LogP contribution in [-0.2, 0) is 24.1 Å². The maximum Gasteiger partial charge on any atom is 0.355 e. The number of aryl methyl sites for hydroxylation is 1. The summed E-state index contributed by atoms with van der Waals surface area (Å²) < 4.78 is 33.5. The van der Waals surface area contributed by atoms with E-state index in [9.17, 15) is 22.8 Å². The number of hydrogen-bond acceptors (Lipinski definition) is 7. The van der Waals surface area contributed by atoms with Crippen LogP contribution in [0.15, 0.2) is 0 Å². The number of nitrogens with zero attached hydrogens (tertiary/aromatic N) is 1. The third kappa shape index (κ3) is 5.37. The summed E-state index contributed by atoms with van der Waals surface area (Å²) >= 11 is 0. The molecule has 1 unspecified atom stereocenters. The fourth-order valence-corrected chi connectivity index (χ4v) is 5.24. The summed E-state index contributed by atoms with van der Waals surface area (Å²) in [4.78, 5) is 41.3. The van der Waals surface area contributed by atoms with Crippen molar-refractivity contribution in [3.8, 4) is 0 Å². The van der Waals surface area contributed by atoms with E-state index in [0.717, 1.165) is 0 Å². The normalized spacial score (nSPS) is 17.9. The highest BCUT2D eigenvalue weighted by molar-refractivity contribution is 7.91. The van der Waals surface area contributed by atoms with E-state index < -0.39 is 40.3 Å². The number of aromatic nitrogens is 1. The van der Waals surface area contributed by atoms with Gasteiger partial charge in [0, 0.05) is 18.3 Å². The Balaban J connectivity index is 2.10. The number of H-pyrrole nitrogens is 1. The molecular weight excluding hydrogens is 400 g/mol. The Kier molecular flexibility index (Phi) is 7.10. The zero-order valence-electron chi connectivity index (χ0n) is 17.4. The van der Waals surface area contributed by atoms with Gasteiger partial charge in [-0.25, -0.2) is 18.0 Å². The van der Waals surface area contributed by atoms with E-state index in [1.807, 2.05) is 13.8 Å². The van der Waals surface area contributed by atoms with E-state index in [2.05, 4.69) is 4.98 Å². The number of esters is 2. The van der Waals surface area contributed by atoms with E-state index in [1.54, 1.807) is 13.8 Å². The molecular formula is C19H28N2O7S. The van der Waals surface area contributed by atoms with Gasteiger partial charge >= 0.3 is 11.9 Å². The van der Waals surface area contributed by atoms with E-state index in [0.29, 0.717) is 24.2 Å². The van der Waals surface area contributed by atoms with Crippen LogP contribution < -0.4 is 0 Å². The SMILES string of the molecule is COC(=O)c1c(C)[nH]c(C(=O)OCC(=O)N(CC(C)C)C2CCS(=O)(=O)C2)c1C. The van der Waals surface area contributed by atoms with Crippen molar-refractivity contribution < 1.29 is 32.3 Å². The van der Waals surface area contributed by atoms with Crippen LogP contribution >= 0.6 is 0 Å². The summed E-state index contributed by atoms with van der Waals surface area (Å²) in [6.45, 7) is 6.94. The van der Waals surface area contributed by atoms with Crippen LogP contribution in [0.5, 0.6) is 0 Å². The number of carbonyl (C=O) groups is 3. The van der Waals surface area contributed by atoms with Gasteiger partial charge in [0.25, 0.3) is 5.91 Å². The van der Waals surface area contributed by atoms with Crippen LogP contribution in [-0.4, -0.2) is 74.0 Å². The number of carbonyl (C=O) groups excluding carboxylic acids is 3. The van der Waals surface area contributed by atoms with Crippen LogP contribution in [0.3, 0.4) is 0 Å². The fourth-order valence-electron chi connectivity index (χ4n) is 3.51. The molecule has 1 N–H and O–H groups in total. The van der Waals surface area contributed by atoms with Gasteiger partial charge in [-0.1, -0.05) is 13.8 Å². The number of aromatic amines is 1. The van der Waals surface area contributed by atoms with Crippen molar-refractivity contribution in [3.63, 3.8) is 0 Å². The van der Waals surface area contributed by atoms with Crippen LogP contribution in [0.25, 0.3) is 0 Å². The molecule has 2 rings (SSSR count). The summed E-state index contributed by atoms with van der Waals surface area (Å²) in [6, 6.07) is -0.408. The number of sulfone groups is 1. The summed E-state index contributed by atoms with van der Waals surface area (Å²) in [5, 5.41) is 0. The van der Waals surface area contributed by atoms with Gasteiger partial charge < -0.3 is 19.4 Å². The lowest BCUT2D eigenvalue weighted by Crippen LogP contribution is -2.45. The van der Waals surface area contributed by atoms with Crippen molar-refractivity contribution in [2.45, 2.75) is 40.2 Å². The van der Waals surface area contributed by atoms with E-state index in [4.69, 9.17) is 9.47 Å². The topological polar surface area (TPSA) is 123 Å².